The van der Waals surface area contributed by atoms with E-state index in [4.69, 9.17) is 4.74 Å². The molecule has 0 unspecified atom stereocenters. The summed E-state index contributed by atoms with van der Waals surface area (Å²) in [5, 5.41) is 18.3. The van der Waals surface area contributed by atoms with Crippen molar-refractivity contribution in [3.8, 4) is 11.4 Å². The van der Waals surface area contributed by atoms with E-state index in [0.717, 1.165) is 33.3 Å². The molecule has 1 heterocycles. The fraction of sp³-hybridized carbons (Fsp3) is 0.100. The number of methoxy groups -OCH3 is 1. The van der Waals surface area contributed by atoms with E-state index in [9.17, 15) is 0 Å². The van der Waals surface area contributed by atoms with Crippen molar-refractivity contribution in [3.05, 3.63) is 71.8 Å². The van der Waals surface area contributed by atoms with E-state index in [-0.39, 0.29) is 0 Å². The zero-order chi connectivity index (χ0) is 18.6. The van der Waals surface area contributed by atoms with Crippen molar-refractivity contribution in [2.45, 2.75) is 6.92 Å². The number of aromatic nitrogens is 4. The van der Waals surface area contributed by atoms with Crippen LogP contribution in [-0.2, 0) is 0 Å². The van der Waals surface area contributed by atoms with Crippen LogP contribution in [0.5, 0.6) is 5.75 Å². The Kier molecular flexibility index (Phi) is 4.49. The smallest absolute Gasteiger partial charge is 0.268 e. The normalized spacial score (nSPS) is 11.2. The summed E-state index contributed by atoms with van der Waals surface area (Å²) in [6.07, 6.45) is 1.70. The van der Waals surface area contributed by atoms with Gasteiger partial charge in [0.1, 0.15) is 5.75 Å². The Morgan fingerprint density at radius 3 is 2.81 bits per heavy atom. The molecule has 27 heavy (non-hydrogen) atoms. The number of anilines is 1. The van der Waals surface area contributed by atoms with Gasteiger partial charge in [-0.25, -0.2) is 5.43 Å². The lowest BCUT2D eigenvalue weighted by molar-refractivity contribution is 0.411. The third-order valence-electron chi connectivity index (χ3n) is 4.27. The molecule has 3 aromatic carbocycles. The summed E-state index contributed by atoms with van der Waals surface area (Å²) in [6, 6.07) is 20.0. The molecule has 134 valence electrons. The van der Waals surface area contributed by atoms with Gasteiger partial charge in [-0.15, -0.1) is 0 Å². The van der Waals surface area contributed by atoms with Crippen molar-refractivity contribution < 1.29 is 4.74 Å². The molecule has 0 fully saturated rings. The lowest BCUT2D eigenvalue weighted by Gasteiger charge is -2.07. The van der Waals surface area contributed by atoms with Crippen molar-refractivity contribution >= 4 is 22.9 Å². The van der Waals surface area contributed by atoms with E-state index in [1.54, 1.807) is 18.0 Å². The highest BCUT2D eigenvalue weighted by atomic mass is 16.5. The minimum Gasteiger partial charge on any atom is -0.496 e. The maximum absolute atomic E-state index is 5.34. The van der Waals surface area contributed by atoms with Crippen LogP contribution in [0.2, 0.25) is 0 Å². The van der Waals surface area contributed by atoms with Gasteiger partial charge in [0, 0.05) is 5.39 Å². The van der Waals surface area contributed by atoms with Gasteiger partial charge in [0.2, 0.25) is 0 Å². The van der Waals surface area contributed by atoms with Gasteiger partial charge in [-0.3, -0.25) is 0 Å². The van der Waals surface area contributed by atoms with Crippen molar-refractivity contribution in [3.63, 3.8) is 0 Å². The highest BCUT2D eigenvalue weighted by Gasteiger charge is 2.10. The van der Waals surface area contributed by atoms with Crippen LogP contribution in [0, 0.1) is 6.92 Å². The third-order valence-corrected chi connectivity index (χ3v) is 4.27. The first-order valence-corrected chi connectivity index (χ1v) is 8.46. The average Bonchev–Trinajstić information content (AvgIpc) is 3.17. The van der Waals surface area contributed by atoms with E-state index in [1.165, 1.54) is 0 Å². The lowest BCUT2D eigenvalue weighted by atomic mass is 10.1. The van der Waals surface area contributed by atoms with Crippen LogP contribution in [0.1, 0.15) is 11.1 Å². The molecule has 0 aliphatic carbocycles. The summed E-state index contributed by atoms with van der Waals surface area (Å²) in [6.45, 7) is 2.00. The second-order valence-corrected chi connectivity index (χ2v) is 6.01. The van der Waals surface area contributed by atoms with E-state index in [0.29, 0.717) is 5.95 Å². The first kappa shape index (κ1) is 16.7. The standard InChI is InChI=1S/C20H18N6O/c1-14-10-11-15(12-19(14)27-2)13-21-22-20-23-24-25-26(20)18-9-5-7-16-6-3-4-8-17(16)18/h3-13H,1-2H3,(H,22,23,25). The van der Waals surface area contributed by atoms with Crippen molar-refractivity contribution in [1.29, 1.82) is 0 Å². The van der Waals surface area contributed by atoms with Crippen molar-refractivity contribution in [1.82, 2.24) is 20.2 Å². The number of hydrogen-bond donors (Lipinski definition) is 1. The van der Waals surface area contributed by atoms with Crippen LogP contribution < -0.4 is 10.2 Å². The molecule has 0 aliphatic rings. The second-order valence-electron chi connectivity index (χ2n) is 6.01. The largest absolute Gasteiger partial charge is 0.496 e. The number of tetrazole rings is 1. The van der Waals surface area contributed by atoms with E-state index < -0.39 is 0 Å². The van der Waals surface area contributed by atoms with Gasteiger partial charge in [0.05, 0.1) is 19.0 Å². The molecule has 7 nitrogen and oxygen atoms in total. The Balaban J connectivity index is 1.61. The predicted octanol–water partition coefficient (Wildman–Crippen LogP) is 3.58. The zero-order valence-corrected chi connectivity index (χ0v) is 15.0. The van der Waals surface area contributed by atoms with Gasteiger partial charge < -0.3 is 4.74 Å². The molecule has 1 N–H and O–H groups in total. The first-order chi connectivity index (χ1) is 13.3. The minimum atomic E-state index is 0.432. The van der Waals surface area contributed by atoms with E-state index >= 15 is 0 Å². The summed E-state index contributed by atoms with van der Waals surface area (Å²) in [5.41, 5.74) is 5.78. The van der Waals surface area contributed by atoms with Gasteiger partial charge in [-0.1, -0.05) is 53.6 Å². The lowest BCUT2D eigenvalue weighted by Crippen LogP contribution is -2.04. The quantitative estimate of drug-likeness (QED) is 0.436. The van der Waals surface area contributed by atoms with Crippen LogP contribution in [0.3, 0.4) is 0 Å². The molecule has 0 radical (unpaired) electrons. The molecule has 0 saturated carbocycles. The maximum atomic E-state index is 5.34. The number of hydrogen-bond acceptors (Lipinski definition) is 6. The van der Waals surface area contributed by atoms with Crippen LogP contribution in [0.15, 0.2) is 65.8 Å². The summed E-state index contributed by atoms with van der Waals surface area (Å²) in [7, 11) is 1.65. The SMILES string of the molecule is COc1cc(C=NNc2nnnn2-c2cccc3ccccc23)ccc1C. The molecular weight excluding hydrogens is 340 g/mol. The maximum Gasteiger partial charge on any atom is 0.268 e. The number of nitrogens with zero attached hydrogens (tertiary/aromatic N) is 5. The minimum absolute atomic E-state index is 0.432. The number of hydrazone groups is 1. The van der Waals surface area contributed by atoms with E-state index in [1.807, 2.05) is 55.5 Å². The average molecular weight is 358 g/mol. The van der Waals surface area contributed by atoms with Gasteiger partial charge in [-0.05, 0) is 46.0 Å². The molecule has 1 aromatic heterocycles. The number of rotatable bonds is 5. The Hall–Kier alpha value is -3.74. The number of benzene rings is 3. The molecule has 0 bridgehead atoms. The van der Waals surface area contributed by atoms with Crippen LogP contribution >= 0.6 is 0 Å². The highest BCUT2D eigenvalue weighted by molar-refractivity contribution is 5.90. The summed E-state index contributed by atoms with van der Waals surface area (Å²) >= 11 is 0. The zero-order valence-electron chi connectivity index (χ0n) is 15.0. The third kappa shape index (κ3) is 3.35. The first-order valence-electron chi connectivity index (χ1n) is 8.46. The van der Waals surface area contributed by atoms with Crippen LogP contribution in [0.25, 0.3) is 16.5 Å². The Morgan fingerprint density at radius 1 is 1.07 bits per heavy atom. The van der Waals surface area contributed by atoms with Crippen molar-refractivity contribution in [2.75, 3.05) is 12.5 Å². The molecule has 0 aliphatic heterocycles. The molecule has 0 saturated heterocycles. The molecule has 0 atom stereocenters. The Morgan fingerprint density at radius 2 is 1.93 bits per heavy atom. The summed E-state index contributed by atoms with van der Waals surface area (Å²) in [5.74, 6) is 1.25. The molecule has 0 amide bonds. The van der Waals surface area contributed by atoms with Crippen molar-refractivity contribution in [2.24, 2.45) is 5.10 Å². The van der Waals surface area contributed by atoms with Gasteiger partial charge in [0.15, 0.2) is 0 Å². The summed E-state index contributed by atoms with van der Waals surface area (Å²) < 4.78 is 6.97. The van der Waals surface area contributed by atoms with Gasteiger partial charge in [0.25, 0.3) is 5.95 Å². The molecule has 0 spiro atoms. The van der Waals surface area contributed by atoms with Gasteiger partial charge in [-0.2, -0.15) is 9.78 Å². The van der Waals surface area contributed by atoms with Crippen LogP contribution in [0.4, 0.5) is 5.95 Å². The van der Waals surface area contributed by atoms with Gasteiger partial charge >= 0.3 is 0 Å². The highest BCUT2D eigenvalue weighted by Crippen LogP contribution is 2.23. The second kappa shape index (κ2) is 7.25. The Labute approximate surface area is 156 Å². The molecular formula is C20H18N6O. The van der Waals surface area contributed by atoms with E-state index in [2.05, 4.69) is 38.2 Å². The molecule has 4 aromatic rings. The number of fused-ring (bicyclic) bond motifs is 1. The number of ether oxygens (including phenoxy) is 1. The fourth-order valence-corrected chi connectivity index (χ4v) is 2.89. The number of aryl methyl sites for hydroxylation is 1. The summed E-state index contributed by atoms with van der Waals surface area (Å²) in [4.78, 5) is 0. The van der Waals surface area contributed by atoms with Crippen LogP contribution in [-0.4, -0.2) is 33.5 Å². The fourth-order valence-electron chi connectivity index (χ4n) is 2.89. The molecule has 7 heteroatoms. The monoisotopic (exact) mass is 358 g/mol. The predicted molar refractivity (Wildman–Crippen MR) is 106 cm³/mol. The number of nitrogens with one attached hydrogen (secondary N) is 1. The molecule has 4 rings (SSSR count). The Bertz CT molecular complexity index is 1110. The topological polar surface area (TPSA) is 77.2 Å².